The summed E-state index contributed by atoms with van der Waals surface area (Å²) in [6.45, 7) is 4.98. The smallest absolute Gasteiger partial charge is 0.262 e. The van der Waals surface area contributed by atoms with Crippen LogP contribution in [-0.4, -0.2) is 15.3 Å². The minimum atomic E-state index is 0.0384. The van der Waals surface area contributed by atoms with Gasteiger partial charge in [-0.05, 0) is 30.0 Å². The molecule has 24 heavy (non-hydrogen) atoms. The molecule has 0 aliphatic rings. The first kappa shape index (κ1) is 16.8. The molecule has 0 unspecified atom stereocenters. The monoisotopic (exact) mass is 338 g/mol. The van der Waals surface area contributed by atoms with Gasteiger partial charge in [-0.25, -0.2) is 4.98 Å². The highest BCUT2D eigenvalue weighted by Crippen LogP contribution is 2.21. The van der Waals surface area contributed by atoms with Crippen molar-refractivity contribution in [2.75, 3.05) is 5.75 Å². The van der Waals surface area contributed by atoms with E-state index in [0.717, 1.165) is 28.4 Å². The SMILES string of the molecule is CC(C)CCSc1nc2ccccc2c(=O)n1Cc1ccccc1. The Labute approximate surface area is 146 Å². The van der Waals surface area contributed by atoms with Crippen LogP contribution in [-0.2, 0) is 6.54 Å². The molecule has 0 fully saturated rings. The van der Waals surface area contributed by atoms with Crippen molar-refractivity contribution < 1.29 is 0 Å². The Morgan fingerprint density at radius 3 is 2.50 bits per heavy atom. The number of nitrogens with zero attached hydrogens (tertiary/aromatic N) is 2. The van der Waals surface area contributed by atoms with Gasteiger partial charge in [0.1, 0.15) is 0 Å². The number of hydrogen-bond donors (Lipinski definition) is 0. The molecule has 0 aliphatic carbocycles. The largest absolute Gasteiger partial charge is 0.283 e. The summed E-state index contributed by atoms with van der Waals surface area (Å²) >= 11 is 1.68. The van der Waals surface area contributed by atoms with E-state index in [2.05, 4.69) is 13.8 Å². The standard InChI is InChI=1S/C20H22N2OS/c1-15(2)12-13-24-20-21-18-11-7-6-10-17(18)19(23)22(20)14-16-8-4-3-5-9-16/h3-11,15H,12-14H2,1-2H3. The Morgan fingerprint density at radius 2 is 1.75 bits per heavy atom. The van der Waals surface area contributed by atoms with Gasteiger partial charge in [0.15, 0.2) is 5.16 Å². The van der Waals surface area contributed by atoms with Gasteiger partial charge in [-0.3, -0.25) is 9.36 Å². The summed E-state index contributed by atoms with van der Waals surface area (Å²) in [7, 11) is 0. The summed E-state index contributed by atoms with van der Waals surface area (Å²) in [5.41, 5.74) is 1.93. The maximum atomic E-state index is 13.0. The summed E-state index contributed by atoms with van der Waals surface area (Å²) in [5.74, 6) is 1.62. The molecule has 2 aromatic carbocycles. The van der Waals surface area contributed by atoms with Crippen LogP contribution >= 0.6 is 11.8 Å². The average molecular weight is 338 g/mol. The van der Waals surface area contributed by atoms with Crippen LogP contribution in [0.5, 0.6) is 0 Å². The Kier molecular flexibility index (Phi) is 5.36. The fourth-order valence-corrected chi connectivity index (χ4v) is 3.79. The van der Waals surface area contributed by atoms with Gasteiger partial charge in [-0.2, -0.15) is 0 Å². The molecule has 0 aliphatic heterocycles. The number of rotatable bonds is 6. The Balaban J connectivity index is 2.02. The first-order chi connectivity index (χ1) is 11.6. The van der Waals surface area contributed by atoms with Crippen molar-refractivity contribution in [3.05, 3.63) is 70.5 Å². The number of benzene rings is 2. The summed E-state index contributed by atoms with van der Waals surface area (Å²) in [4.78, 5) is 17.7. The maximum Gasteiger partial charge on any atom is 0.262 e. The Hall–Kier alpha value is -2.07. The van der Waals surface area contributed by atoms with Gasteiger partial charge in [0.2, 0.25) is 0 Å². The van der Waals surface area contributed by atoms with Crippen LogP contribution in [0.15, 0.2) is 64.5 Å². The molecule has 0 N–H and O–H groups in total. The number of thioether (sulfide) groups is 1. The third-order valence-electron chi connectivity index (χ3n) is 3.94. The van der Waals surface area contributed by atoms with Crippen LogP contribution < -0.4 is 5.56 Å². The molecule has 1 aromatic heterocycles. The lowest BCUT2D eigenvalue weighted by atomic mass is 10.2. The Morgan fingerprint density at radius 1 is 1.04 bits per heavy atom. The molecule has 4 heteroatoms. The number of para-hydroxylation sites is 1. The van der Waals surface area contributed by atoms with Crippen molar-refractivity contribution in [2.24, 2.45) is 5.92 Å². The third kappa shape index (κ3) is 3.88. The van der Waals surface area contributed by atoms with E-state index in [9.17, 15) is 4.79 Å². The molecule has 3 rings (SSSR count). The summed E-state index contributed by atoms with van der Waals surface area (Å²) < 4.78 is 1.81. The van der Waals surface area contributed by atoms with Crippen LogP contribution in [0, 0.1) is 5.92 Å². The maximum absolute atomic E-state index is 13.0. The molecule has 0 atom stereocenters. The van der Waals surface area contributed by atoms with Crippen LogP contribution in [0.25, 0.3) is 10.9 Å². The van der Waals surface area contributed by atoms with E-state index in [1.54, 1.807) is 11.8 Å². The average Bonchev–Trinajstić information content (AvgIpc) is 2.59. The van der Waals surface area contributed by atoms with Gasteiger partial charge < -0.3 is 0 Å². The van der Waals surface area contributed by atoms with Gasteiger partial charge in [0.05, 0.1) is 17.4 Å². The molecule has 0 bridgehead atoms. The molecular weight excluding hydrogens is 316 g/mol. The highest BCUT2D eigenvalue weighted by molar-refractivity contribution is 7.99. The van der Waals surface area contributed by atoms with Gasteiger partial charge in [0.25, 0.3) is 5.56 Å². The van der Waals surface area contributed by atoms with E-state index in [1.807, 2.05) is 59.2 Å². The second kappa shape index (κ2) is 7.67. The van der Waals surface area contributed by atoms with Crippen LogP contribution in [0.1, 0.15) is 25.8 Å². The van der Waals surface area contributed by atoms with E-state index < -0.39 is 0 Å². The Bertz CT molecular complexity index is 872. The fourth-order valence-electron chi connectivity index (χ4n) is 2.55. The first-order valence-corrected chi connectivity index (χ1v) is 9.30. The topological polar surface area (TPSA) is 34.9 Å². The molecular formula is C20H22N2OS. The second-order valence-electron chi connectivity index (χ2n) is 6.32. The van der Waals surface area contributed by atoms with Crippen molar-refractivity contribution in [3.63, 3.8) is 0 Å². The number of fused-ring (bicyclic) bond motifs is 1. The first-order valence-electron chi connectivity index (χ1n) is 8.31. The van der Waals surface area contributed by atoms with E-state index in [4.69, 9.17) is 4.98 Å². The second-order valence-corrected chi connectivity index (χ2v) is 7.38. The molecule has 3 aromatic rings. The minimum Gasteiger partial charge on any atom is -0.283 e. The molecule has 0 amide bonds. The van der Waals surface area contributed by atoms with Crippen molar-refractivity contribution in [1.82, 2.24) is 9.55 Å². The molecule has 0 saturated heterocycles. The van der Waals surface area contributed by atoms with Crippen molar-refractivity contribution >= 4 is 22.7 Å². The lowest BCUT2D eigenvalue weighted by Crippen LogP contribution is -2.24. The summed E-state index contributed by atoms with van der Waals surface area (Å²) in [5, 5.41) is 1.49. The third-order valence-corrected chi connectivity index (χ3v) is 4.95. The van der Waals surface area contributed by atoms with Crippen molar-refractivity contribution in [1.29, 1.82) is 0 Å². The number of aromatic nitrogens is 2. The fraction of sp³-hybridized carbons (Fsp3) is 0.300. The molecule has 0 saturated carbocycles. The molecule has 124 valence electrons. The lowest BCUT2D eigenvalue weighted by Gasteiger charge is -2.13. The van der Waals surface area contributed by atoms with Crippen molar-refractivity contribution in [2.45, 2.75) is 32.0 Å². The zero-order valence-corrected chi connectivity index (χ0v) is 14.9. The van der Waals surface area contributed by atoms with Gasteiger partial charge in [0, 0.05) is 5.75 Å². The van der Waals surface area contributed by atoms with E-state index in [0.29, 0.717) is 17.8 Å². The van der Waals surface area contributed by atoms with E-state index in [-0.39, 0.29) is 5.56 Å². The predicted molar refractivity (Wildman–Crippen MR) is 102 cm³/mol. The molecule has 3 nitrogen and oxygen atoms in total. The van der Waals surface area contributed by atoms with Crippen LogP contribution in [0.4, 0.5) is 0 Å². The molecule has 0 spiro atoms. The summed E-state index contributed by atoms with van der Waals surface area (Å²) in [6.07, 6.45) is 1.11. The molecule has 0 radical (unpaired) electrons. The zero-order valence-electron chi connectivity index (χ0n) is 14.1. The predicted octanol–water partition coefficient (Wildman–Crippen LogP) is 4.58. The quantitative estimate of drug-likeness (QED) is 0.487. The van der Waals surface area contributed by atoms with Crippen molar-refractivity contribution in [3.8, 4) is 0 Å². The van der Waals surface area contributed by atoms with E-state index in [1.165, 1.54) is 0 Å². The van der Waals surface area contributed by atoms with Crippen LogP contribution in [0.3, 0.4) is 0 Å². The normalized spacial score (nSPS) is 11.3. The van der Waals surface area contributed by atoms with E-state index >= 15 is 0 Å². The zero-order chi connectivity index (χ0) is 16.9. The van der Waals surface area contributed by atoms with Crippen LogP contribution in [0.2, 0.25) is 0 Å². The number of hydrogen-bond acceptors (Lipinski definition) is 3. The molecule has 1 heterocycles. The summed E-state index contributed by atoms with van der Waals surface area (Å²) in [6, 6.07) is 17.7. The minimum absolute atomic E-state index is 0.0384. The van der Waals surface area contributed by atoms with Gasteiger partial charge in [-0.1, -0.05) is 68.1 Å². The van der Waals surface area contributed by atoms with Gasteiger partial charge >= 0.3 is 0 Å². The van der Waals surface area contributed by atoms with Gasteiger partial charge in [-0.15, -0.1) is 0 Å². The lowest BCUT2D eigenvalue weighted by molar-refractivity contribution is 0.626. The highest BCUT2D eigenvalue weighted by atomic mass is 32.2. The highest BCUT2D eigenvalue weighted by Gasteiger charge is 2.12.